The molecule has 0 spiro atoms. The number of hydrogen-bond donors (Lipinski definition) is 3. The summed E-state index contributed by atoms with van der Waals surface area (Å²) in [7, 11) is 0. The second kappa shape index (κ2) is 8.55. The zero-order valence-electron chi connectivity index (χ0n) is 24.9. The predicted octanol–water partition coefficient (Wildman–Crippen LogP) is 6.20. The molecule has 6 nitrogen and oxygen atoms in total. The smallest absolute Gasteiger partial charge is 0.302 e. The number of fused-ring (bicyclic) bond motifs is 7. The number of ether oxygens (including phenoxy) is 1. The van der Waals surface area contributed by atoms with Gasteiger partial charge in [0.05, 0.1) is 11.5 Å². The lowest BCUT2D eigenvalue weighted by molar-refractivity contribution is -0.230. The first kappa shape index (κ1) is 28.1. The van der Waals surface area contributed by atoms with E-state index in [4.69, 9.17) is 4.74 Å². The van der Waals surface area contributed by atoms with Crippen LogP contribution in [0.3, 0.4) is 0 Å². The number of nitrogens with one attached hydrogen (secondary N) is 1. The minimum absolute atomic E-state index is 0.0197. The van der Waals surface area contributed by atoms with Crippen molar-refractivity contribution in [1.82, 2.24) is 5.48 Å². The molecule has 0 bridgehead atoms. The number of aliphatic hydroxyl groups excluding tert-OH is 1. The van der Waals surface area contributed by atoms with Crippen LogP contribution in [0.2, 0.25) is 0 Å². The summed E-state index contributed by atoms with van der Waals surface area (Å²) in [5.74, 6) is -0.0000357. The molecule has 5 rings (SSSR count). The standard InChI is InChI=1S/C32H51NO5/c1-19(34)38-24-10-11-29(6)23(28(24,4)5)9-12-31(8)25(29)22(35)17-20-21-18-27(2,3)13-15-32(21,26(36)33-37)16-14-30(20,31)7/h17,21-25,35,37H,9-16,18H2,1-8H3,(H,33,36)/t21-,22?,23-,24-,25+,29-,30+,31+,32-/m0/s1. The molecule has 38 heavy (non-hydrogen) atoms. The van der Waals surface area contributed by atoms with Gasteiger partial charge in [-0.25, -0.2) is 5.48 Å². The SMILES string of the molecule is CC(=O)O[C@H]1CC[C@]2(C)[C@H]3C(O)C=C4[C@@H]5CC(C)(C)CC[C@]5(C(=O)NO)CC[C@@]4(C)[C@]3(C)CC[C@H]2C1(C)C. The van der Waals surface area contributed by atoms with Crippen LogP contribution in [0.15, 0.2) is 11.6 Å². The van der Waals surface area contributed by atoms with Crippen LogP contribution in [0.4, 0.5) is 0 Å². The second-order valence-electron chi connectivity index (χ2n) is 15.9. The summed E-state index contributed by atoms with van der Waals surface area (Å²) >= 11 is 0. The van der Waals surface area contributed by atoms with Crippen molar-refractivity contribution >= 4 is 11.9 Å². The normalized spacial score (nSPS) is 48.8. The first-order valence-corrected chi connectivity index (χ1v) is 15.0. The van der Waals surface area contributed by atoms with E-state index in [2.05, 4.69) is 54.5 Å². The molecule has 4 fully saturated rings. The maximum Gasteiger partial charge on any atom is 0.302 e. The van der Waals surface area contributed by atoms with Gasteiger partial charge in [0, 0.05) is 18.3 Å². The predicted molar refractivity (Wildman–Crippen MR) is 146 cm³/mol. The number of rotatable bonds is 2. The van der Waals surface area contributed by atoms with Crippen LogP contribution >= 0.6 is 0 Å². The monoisotopic (exact) mass is 529 g/mol. The van der Waals surface area contributed by atoms with Gasteiger partial charge in [-0.05, 0) is 91.3 Å². The van der Waals surface area contributed by atoms with Crippen LogP contribution in [-0.4, -0.2) is 34.4 Å². The van der Waals surface area contributed by atoms with Crippen LogP contribution < -0.4 is 5.48 Å². The maximum atomic E-state index is 13.3. The summed E-state index contributed by atoms with van der Waals surface area (Å²) in [4.78, 5) is 25.2. The first-order valence-electron chi connectivity index (χ1n) is 15.0. The quantitative estimate of drug-likeness (QED) is 0.171. The molecule has 5 aliphatic rings. The van der Waals surface area contributed by atoms with E-state index in [1.54, 1.807) is 0 Å². The van der Waals surface area contributed by atoms with Gasteiger partial charge in [0.2, 0.25) is 5.91 Å². The Hall–Kier alpha value is -1.40. The summed E-state index contributed by atoms with van der Waals surface area (Å²) in [6.07, 6.45) is 9.57. The van der Waals surface area contributed by atoms with E-state index in [9.17, 15) is 19.9 Å². The average Bonchev–Trinajstić information content (AvgIpc) is 2.81. The average molecular weight is 530 g/mol. The Kier molecular flexibility index (Phi) is 6.33. The molecule has 5 aliphatic carbocycles. The van der Waals surface area contributed by atoms with Gasteiger partial charge in [0.25, 0.3) is 0 Å². The minimum Gasteiger partial charge on any atom is -0.462 e. The molecule has 0 heterocycles. The van der Waals surface area contributed by atoms with E-state index in [-0.39, 0.29) is 56.9 Å². The molecule has 1 amide bonds. The van der Waals surface area contributed by atoms with Crippen LogP contribution in [0.5, 0.6) is 0 Å². The third-order valence-electron chi connectivity index (χ3n) is 13.4. The molecule has 214 valence electrons. The topological polar surface area (TPSA) is 95.9 Å². The van der Waals surface area contributed by atoms with Crippen LogP contribution in [0.1, 0.15) is 113 Å². The number of esters is 1. The molecule has 0 radical (unpaired) electrons. The highest BCUT2D eigenvalue weighted by Gasteiger charge is 2.71. The Bertz CT molecular complexity index is 1050. The van der Waals surface area contributed by atoms with Crippen molar-refractivity contribution in [1.29, 1.82) is 0 Å². The fraction of sp³-hybridized carbons (Fsp3) is 0.875. The lowest BCUT2D eigenvalue weighted by atomic mass is 9.33. The fourth-order valence-electron chi connectivity index (χ4n) is 11.2. The highest BCUT2D eigenvalue weighted by atomic mass is 16.5. The number of carbonyl (C=O) groups is 2. The Labute approximate surface area is 229 Å². The Morgan fingerprint density at radius 1 is 0.947 bits per heavy atom. The van der Waals surface area contributed by atoms with Crippen molar-refractivity contribution in [2.24, 2.45) is 50.2 Å². The van der Waals surface area contributed by atoms with Gasteiger partial charge < -0.3 is 9.84 Å². The van der Waals surface area contributed by atoms with Gasteiger partial charge in [0.15, 0.2) is 0 Å². The van der Waals surface area contributed by atoms with E-state index in [1.165, 1.54) is 12.5 Å². The van der Waals surface area contributed by atoms with Gasteiger partial charge in [-0.2, -0.15) is 0 Å². The van der Waals surface area contributed by atoms with E-state index in [0.717, 1.165) is 57.8 Å². The van der Waals surface area contributed by atoms with Crippen molar-refractivity contribution in [3.05, 3.63) is 11.6 Å². The summed E-state index contributed by atoms with van der Waals surface area (Å²) in [6, 6.07) is 0. The minimum atomic E-state index is -0.607. The second-order valence-corrected chi connectivity index (χ2v) is 15.9. The van der Waals surface area contributed by atoms with Gasteiger partial charge >= 0.3 is 5.97 Å². The molecular weight excluding hydrogens is 478 g/mol. The first-order chi connectivity index (χ1) is 17.5. The lowest BCUT2D eigenvalue weighted by Gasteiger charge is -2.72. The third kappa shape index (κ3) is 3.57. The van der Waals surface area contributed by atoms with Gasteiger partial charge in [-0.3, -0.25) is 14.8 Å². The highest BCUT2D eigenvalue weighted by molar-refractivity contribution is 5.83. The third-order valence-corrected chi connectivity index (χ3v) is 13.4. The van der Waals surface area contributed by atoms with E-state index in [1.807, 2.05) is 5.48 Å². The number of hydrogen-bond acceptors (Lipinski definition) is 5. The van der Waals surface area contributed by atoms with Gasteiger partial charge in [-0.15, -0.1) is 0 Å². The number of hydroxylamine groups is 1. The van der Waals surface area contributed by atoms with Crippen LogP contribution in [0, 0.1) is 50.2 Å². The summed E-state index contributed by atoms with van der Waals surface area (Å²) in [5.41, 5.74) is 2.31. The molecule has 6 heteroatoms. The van der Waals surface area contributed by atoms with Crippen molar-refractivity contribution in [2.45, 2.75) is 125 Å². The Morgan fingerprint density at radius 2 is 1.61 bits per heavy atom. The lowest BCUT2D eigenvalue weighted by Crippen LogP contribution is -2.68. The molecule has 1 unspecified atom stereocenters. The molecule has 0 aromatic rings. The van der Waals surface area contributed by atoms with Crippen molar-refractivity contribution in [3.63, 3.8) is 0 Å². The van der Waals surface area contributed by atoms with E-state index in [0.29, 0.717) is 5.92 Å². The van der Waals surface area contributed by atoms with Crippen LogP contribution in [-0.2, 0) is 14.3 Å². The van der Waals surface area contributed by atoms with Gasteiger partial charge in [0.1, 0.15) is 6.10 Å². The maximum absolute atomic E-state index is 13.3. The van der Waals surface area contributed by atoms with Crippen LogP contribution in [0.25, 0.3) is 0 Å². The number of aliphatic hydroxyl groups is 1. The van der Waals surface area contributed by atoms with Crippen molar-refractivity contribution in [2.75, 3.05) is 0 Å². The van der Waals surface area contributed by atoms with E-state index >= 15 is 0 Å². The molecular formula is C32H51NO5. The largest absolute Gasteiger partial charge is 0.462 e. The summed E-state index contributed by atoms with van der Waals surface area (Å²) in [6.45, 7) is 17.8. The Balaban J connectivity index is 1.60. The summed E-state index contributed by atoms with van der Waals surface area (Å²) in [5, 5.41) is 21.9. The highest BCUT2D eigenvalue weighted by Crippen LogP contribution is 2.75. The van der Waals surface area contributed by atoms with Crippen molar-refractivity contribution < 1.29 is 24.6 Å². The summed E-state index contributed by atoms with van der Waals surface area (Å²) < 4.78 is 5.85. The molecule has 0 saturated heterocycles. The Morgan fingerprint density at radius 3 is 2.24 bits per heavy atom. The van der Waals surface area contributed by atoms with Crippen molar-refractivity contribution in [3.8, 4) is 0 Å². The van der Waals surface area contributed by atoms with Gasteiger partial charge in [-0.1, -0.05) is 60.1 Å². The fourth-order valence-corrected chi connectivity index (χ4v) is 11.2. The number of allylic oxidation sites excluding steroid dienone is 1. The molecule has 0 aliphatic heterocycles. The van der Waals surface area contributed by atoms with E-state index < -0.39 is 11.5 Å². The molecule has 0 aromatic heterocycles. The molecule has 0 aromatic carbocycles. The molecule has 4 saturated carbocycles. The molecule has 3 N–H and O–H groups in total. The molecule has 9 atom stereocenters. The number of amides is 1. The number of carbonyl (C=O) groups excluding carboxylic acids is 2. The zero-order valence-corrected chi connectivity index (χ0v) is 24.9. The zero-order chi connectivity index (χ0) is 28.1.